The summed E-state index contributed by atoms with van der Waals surface area (Å²) in [6.07, 6.45) is 4.06. The molecule has 1 N–H and O–H groups in total. The lowest BCUT2D eigenvalue weighted by Gasteiger charge is -2.16. The zero-order chi connectivity index (χ0) is 14.8. The van der Waals surface area contributed by atoms with E-state index < -0.39 is 0 Å². The predicted molar refractivity (Wildman–Crippen MR) is 82.3 cm³/mol. The summed E-state index contributed by atoms with van der Waals surface area (Å²) in [5.41, 5.74) is 0.754. The molecule has 0 amide bonds. The fourth-order valence-corrected chi connectivity index (χ4v) is 2.42. The van der Waals surface area contributed by atoms with Gasteiger partial charge in [-0.1, -0.05) is 11.6 Å². The first-order valence-corrected chi connectivity index (χ1v) is 7.52. The van der Waals surface area contributed by atoms with Crippen LogP contribution in [0.3, 0.4) is 0 Å². The molecular formula is C13H18ClN7. The van der Waals surface area contributed by atoms with Gasteiger partial charge in [0, 0.05) is 19.6 Å². The fourth-order valence-electron chi connectivity index (χ4n) is 2.29. The van der Waals surface area contributed by atoms with E-state index in [2.05, 4.69) is 30.3 Å². The van der Waals surface area contributed by atoms with Crippen molar-refractivity contribution in [3.05, 3.63) is 16.9 Å². The molecule has 112 valence electrons. The Labute approximate surface area is 128 Å². The van der Waals surface area contributed by atoms with Gasteiger partial charge in [-0.05, 0) is 26.7 Å². The standard InChI is InChI=1S/C13H18ClN7/c1-3-15-11-16-12(20-6-4-5-7-20)18-13(17-11)21-8-10(14)9(2)19-21/h8H,3-7H2,1-2H3,(H,15,16,17,18). The molecule has 1 fully saturated rings. The Kier molecular flexibility index (Phi) is 3.92. The van der Waals surface area contributed by atoms with Crippen LogP contribution in [-0.2, 0) is 0 Å². The number of aryl methyl sites for hydroxylation is 1. The molecule has 2 aromatic heterocycles. The minimum absolute atomic E-state index is 0.484. The number of hydrogen-bond acceptors (Lipinski definition) is 6. The largest absolute Gasteiger partial charge is 0.354 e. The molecule has 0 unspecified atom stereocenters. The summed E-state index contributed by atoms with van der Waals surface area (Å²) in [6.45, 7) is 6.57. The molecule has 0 spiro atoms. The Morgan fingerprint density at radius 1 is 1.19 bits per heavy atom. The summed E-state index contributed by atoms with van der Waals surface area (Å²) in [7, 11) is 0. The minimum Gasteiger partial charge on any atom is -0.354 e. The molecule has 1 saturated heterocycles. The van der Waals surface area contributed by atoms with Gasteiger partial charge in [0.25, 0.3) is 5.95 Å². The van der Waals surface area contributed by atoms with Crippen LogP contribution in [0.1, 0.15) is 25.5 Å². The Balaban J connectivity index is 2.01. The molecule has 0 saturated carbocycles. The number of nitrogens with one attached hydrogen (secondary N) is 1. The fraction of sp³-hybridized carbons (Fsp3) is 0.538. The maximum Gasteiger partial charge on any atom is 0.257 e. The van der Waals surface area contributed by atoms with Gasteiger partial charge in [0.15, 0.2) is 0 Å². The number of anilines is 2. The summed E-state index contributed by atoms with van der Waals surface area (Å²) in [6, 6.07) is 0. The number of nitrogens with zero attached hydrogens (tertiary/aromatic N) is 6. The Morgan fingerprint density at radius 3 is 2.52 bits per heavy atom. The third-order valence-electron chi connectivity index (χ3n) is 3.38. The van der Waals surface area contributed by atoms with Crippen LogP contribution < -0.4 is 10.2 Å². The van der Waals surface area contributed by atoms with Crippen LogP contribution in [0.4, 0.5) is 11.9 Å². The summed E-state index contributed by atoms with van der Waals surface area (Å²) in [4.78, 5) is 15.6. The van der Waals surface area contributed by atoms with Crippen molar-refractivity contribution in [1.82, 2.24) is 24.7 Å². The van der Waals surface area contributed by atoms with E-state index in [4.69, 9.17) is 11.6 Å². The van der Waals surface area contributed by atoms with E-state index >= 15 is 0 Å². The molecule has 8 heteroatoms. The molecule has 0 atom stereocenters. The molecule has 0 aliphatic carbocycles. The molecule has 7 nitrogen and oxygen atoms in total. The monoisotopic (exact) mass is 307 g/mol. The maximum absolute atomic E-state index is 6.07. The lowest BCUT2D eigenvalue weighted by Crippen LogP contribution is -2.22. The van der Waals surface area contributed by atoms with Gasteiger partial charge in [-0.2, -0.15) is 20.1 Å². The SMILES string of the molecule is CCNc1nc(N2CCCC2)nc(-n2cc(Cl)c(C)n2)n1. The molecule has 2 aromatic rings. The normalized spacial score (nSPS) is 14.7. The highest BCUT2D eigenvalue weighted by atomic mass is 35.5. The van der Waals surface area contributed by atoms with Crippen LogP contribution in [0.5, 0.6) is 0 Å². The number of aromatic nitrogens is 5. The van der Waals surface area contributed by atoms with Crippen molar-refractivity contribution in [3.63, 3.8) is 0 Å². The lowest BCUT2D eigenvalue weighted by molar-refractivity contribution is 0.771. The summed E-state index contributed by atoms with van der Waals surface area (Å²) >= 11 is 6.07. The number of hydrogen-bond donors (Lipinski definition) is 1. The zero-order valence-electron chi connectivity index (χ0n) is 12.2. The predicted octanol–water partition coefficient (Wildman–Crippen LogP) is 2.05. The van der Waals surface area contributed by atoms with E-state index in [1.165, 1.54) is 12.8 Å². The topological polar surface area (TPSA) is 71.8 Å². The summed E-state index contributed by atoms with van der Waals surface area (Å²) in [5, 5.41) is 8.08. The first-order chi connectivity index (χ1) is 10.2. The van der Waals surface area contributed by atoms with Crippen molar-refractivity contribution in [2.24, 2.45) is 0 Å². The van der Waals surface area contributed by atoms with E-state index in [0.29, 0.717) is 22.9 Å². The summed E-state index contributed by atoms with van der Waals surface area (Å²) < 4.78 is 1.60. The van der Waals surface area contributed by atoms with Gasteiger partial charge in [0.05, 0.1) is 16.9 Å². The second-order valence-corrected chi connectivity index (χ2v) is 5.40. The minimum atomic E-state index is 0.484. The van der Waals surface area contributed by atoms with Gasteiger partial charge in [-0.25, -0.2) is 4.68 Å². The van der Waals surface area contributed by atoms with Gasteiger partial charge in [-0.3, -0.25) is 0 Å². The molecule has 1 aliphatic rings. The van der Waals surface area contributed by atoms with Crippen molar-refractivity contribution in [2.75, 3.05) is 29.9 Å². The van der Waals surface area contributed by atoms with Crippen LogP contribution in [0.15, 0.2) is 6.20 Å². The van der Waals surface area contributed by atoms with E-state index in [1.54, 1.807) is 10.9 Å². The Hall–Kier alpha value is -1.89. The van der Waals surface area contributed by atoms with Crippen LogP contribution >= 0.6 is 11.6 Å². The zero-order valence-corrected chi connectivity index (χ0v) is 12.9. The third-order valence-corrected chi connectivity index (χ3v) is 3.75. The van der Waals surface area contributed by atoms with Crippen molar-refractivity contribution >= 4 is 23.5 Å². The quantitative estimate of drug-likeness (QED) is 0.932. The van der Waals surface area contributed by atoms with Gasteiger partial charge in [0.2, 0.25) is 11.9 Å². The molecular weight excluding hydrogens is 290 g/mol. The van der Waals surface area contributed by atoms with Crippen molar-refractivity contribution < 1.29 is 0 Å². The Morgan fingerprint density at radius 2 is 1.90 bits per heavy atom. The second-order valence-electron chi connectivity index (χ2n) is 4.99. The first kappa shape index (κ1) is 14.1. The average molecular weight is 308 g/mol. The smallest absolute Gasteiger partial charge is 0.257 e. The molecule has 1 aliphatic heterocycles. The highest BCUT2D eigenvalue weighted by Crippen LogP contribution is 2.20. The van der Waals surface area contributed by atoms with E-state index in [1.807, 2.05) is 13.8 Å². The van der Waals surface area contributed by atoms with Gasteiger partial charge in [-0.15, -0.1) is 0 Å². The Bertz CT molecular complexity index is 614. The van der Waals surface area contributed by atoms with Crippen LogP contribution in [0.25, 0.3) is 5.95 Å². The molecule has 0 radical (unpaired) electrons. The van der Waals surface area contributed by atoms with Crippen LogP contribution in [-0.4, -0.2) is 44.4 Å². The van der Waals surface area contributed by atoms with Gasteiger partial charge < -0.3 is 10.2 Å². The van der Waals surface area contributed by atoms with Gasteiger partial charge in [0.1, 0.15) is 0 Å². The lowest BCUT2D eigenvalue weighted by atomic mass is 10.4. The molecule has 0 aromatic carbocycles. The van der Waals surface area contributed by atoms with E-state index in [-0.39, 0.29) is 0 Å². The second kappa shape index (κ2) is 5.85. The molecule has 3 rings (SSSR count). The molecule has 21 heavy (non-hydrogen) atoms. The van der Waals surface area contributed by atoms with Crippen molar-refractivity contribution in [2.45, 2.75) is 26.7 Å². The van der Waals surface area contributed by atoms with Crippen molar-refractivity contribution in [1.29, 1.82) is 0 Å². The van der Waals surface area contributed by atoms with E-state index in [9.17, 15) is 0 Å². The third kappa shape index (κ3) is 2.92. The van der Waals surface area contributed by atoms with Crippen LogP contribution in [0.2, 0.25) is 5.02 Å². The van der Waals surface area contributed by atoms with E-state index in [0.717, 1.165) is 25.3 Å². The average Bonchev–Trinajstić information content (AvgIpc) is 3.10. The van der Waals surface area contributed by atoms with Crippen LogP contribution in [0, 0.1) is 6.92 Å². The number of rotatable bonds is 4. The highest BCUT2D eigenvalue weighted by Gasteiger charge is 2.18. The summed E-state index contributed by atoms with van der Waals surface area (Å²) in [5.74, 6) is 1.74. The van der Waals surface area contributed by atoms with Crippen molar-refractivity contribution in [3.8, 4) is 5.95 Å². The highest BCUT2D eigenvalue weighted by molar-refractivity contribution is 6.31. The first-order valence-electron chi connectivity index (χ1n) is 7.14. The molecule has 3 heterocycles. The maximum atomic E-state index is 6.07. The number of halogens is 1. The molecule has 0 bridgehead atoms. The van der Waals surface area contributed by atoms with Gasteiger partial charge >= 0.3 is 0 Å².